The highest BCUT2D eigenvalue weighted by Gasteiger charge is 2.25. The maximum Gasteiger partial charge on any atom is 0.108 e. The molecule has 3 rings (SSSR count). The van der Waals surface area contributed by atoms with E-state index >= 15 is 0 Å². The molecule has 1 N–H and O–H groups in total. The normalized spacial score (nSPS) is 12.3. The van der Waals surface area contributed by atoms with Crippen LogP contribution < -0.4 is 0 Å². The SMILES string of the molecule is OC(c1cnccn1)C(c1ccccc1)c1ccccc1. The Morgan fingerprint density at radius 1 is 0.762 bits per heavy atom. The Balaban J connectivity index is 2.05. The number of hydrogen-bond donors (Lipinski definition) is 1. The van der Waals surface area contributed by atoms with Crippen LogP contribution in [0.1, 0.15) is 28.8 Å². The molecule has 0 aliphatic heterocycles. The van der Waals surface area contributed by atoms with Gasteiger partial charge >= 0.3 is 0 Å². The second-order valence-corrected chi connectivity index (χ2v) is 4.87. The van der Waals surface area contributed by atoms with Gasteiger partial charge in [-0.05, 0) is 11.1 Å². The zero-order chi connectivity index (χ0) is 14.5. The fraction of sp³-hybridized carbons (Fsp3) is 0.111. The number of aliphatic hydroxyl groups excluding tert-OH is 1. The van der Waals surface area contributed by atoms with Gasteiger partial charge in [-0.1, -0.05) is 60.7 Å². The van der Waals surface area contributed by atoms with Gasteiger partial charge in [0.1, 0.15) is 6.10 Å². The predicted octanol–water partition coefficient (Wildman–Crippen LogP) is 3.34. The third kappa shape index (κ3) is 2.98. The topological polar surface area (TPSA) is 46.0 Å². The number of nitrogens with zero attached hydrogens (tertiary/aromatic N) is 2. The van der Waals surface area contributed by atoms with Crippen LogP contribution in [-0.2, 0) is 0 Å². The van der Waals surface area contributed by atoms with E-state index in [4.69, 9.17) is 0 Å². The molecule has 0 amide bonds. The fourth-order valence-corrected chi connectivity index (χ4v) is 2.51. The fourth-order valence-electron chi connectivity index (χ4n) is 2.51. The van der Waals surface area contributed by atoms with E-state index in [1.165, 1.54) is 0 Å². The van der Waals surface area contributed by atoms with E-state index < -0.39 is 6.10 Å². The highest BCUT2D eigenvalue weighted by molar-refractivity contribution is 5.35. The molecule has 1 heterocycles. The van der Waals surface area contributed by atoms with Crippen molar-refractivity contribution >= 4 is 0 Å². The van der Waals surface area contributed by atoms with Crippen LogP contribution in [0.4, 0.5) is 0 Å². The molecule has 0 spiro atoms. The lowest BCUT2D eigenvalue weighted by atomic mass is 9.85. The van der Waals surface area contributed by atoms with Gasteiger partial charge < -0.3 is 5.11 Å². The molecule has 0 saturated heterocycles. The minimum Gasteiger partial charge on any atom is -0.386 e. The Kier molecular flexibility index (Phi) is 4.03. The summed E-state index contributed by atoms with van der Waals surface area (Å²) in [6.45, 7) is 0. The molecule has 3 aromatic rings. The predicted molar refractivity (Wildman–Crippen MR) is 81.7 cm³/mol. The summed E-state index contributed by atoms with van der Waals surface area (Å²) in [6.07, 6.45) is 4.09. The number of rotatable bonds is 4. The summed E-state index contributed by atoms with van der Waals surface area (Å²) in [7, 11) is 0. The van der Waals surface area contributed by atoms with Crippen LogP contribution in [0.5, 0.6) is 0 Å². The van der Waals surface area contributed by atoms with Crippen molar-refractivity contribution in [1.82, 2.24) is 9.97 Å². The van der Waals surface area contributed by atoms with Crippen molar-refractivity contribution in [3.05, 3.63) is 96.1 Å². The molecule has 0 fully saturated rings. The van der Waals surface area contributed by atoms with Crippen molar-refractivity contribution in [1.29, 1.82) is 0 Å². The van der Waals surface area contributed by atoms with Crippen LogP contribution in [0.3, 0.4) is 0 Å². The monoisotopic (exact) mass is 276 g/mol. The van der Waals surface area contributed by atoms with Crippen LogP contribution in [0, 0.1) is 0 Å². The summed E-state index contributed by atoms with van der Waals surface area (Å²) in [5.74, 6) is -0.163. The van der Waals surface area contributed by atoms with Gasteiger partial charge in [0.15, 0.2) is 0 Å². The van der Waals surface area contributed by atoms with Crippen molar-refractivity contribution in [2.75, 3.05) is 0 Å². The zero-order valence-corrected chi connectivity index (χ0v) is 11.5. The summed E-state index contributed by atoms with van der Waals surface area (Å²) in [6, 6.07) is 20.0. The van der Waals surface area contributed by atoms with Crippen molar-refractivity contribution in [3.63, 3.8) is 0 Å². The molecule has 0 aliphatic carbocycles. The molecule has 2 aromatic carbocycles. The maximum absolute atomic E-state index is 10.8. The number of benzene rings is 2. The molecule has 1 atom stereocenters. The van der Waals surface area contributed by atoms with Gasteiger partial charge in [-0.3, -0.25) is 9.97 Å². The Bertz CT molecular complexity index is 632. The van der Waals surface area contributed by atoms with E-state index in [-0.39, 0.29) is 5.92 Å². The molecule has 0 aliphatic rings. The van der Waals surface area contributed by atoms with Crippen LogP contribution in [0.15, 0.2) is 79.3 Å². The Hall–Kier alpha value is -2.52. The largest absolute Gasteiger partial charge is 0.386 e. The molecule has 0 radical (unpaired) electrons. The number of aliphatic hydroxyl groups is 1. The molecule has 0 saturated carbocycles. The molecule has 104 valence electrons. The van der Waals surface area contributed by atoms with Gasteiger partial charge in [0, 0.05) is 18.3 Å². The van der Waals surface area contributed by atoms with Crippen LogP contribution >= 0.6 is 0 Å². The minimum atomic E-state index is -0.733. The summed E-state index contributed by atoms with van der Waals surface area (Å²) in [5.41, 5.74) is 2.69. The molecular formula is C18H16N2O. The minimum absolute atomic E-state index is 0.163. The lowest BCUT2D eigenvalue weighted by molar-refractivity contribution is 0.154. The van der Waals surface area contributed by atoms with E-state index in [9.17, 15) is 5.11 Å². The summed E-state index contributed by atoms with van der Waals surface area (Å²) < 4.78 is 0. The van der Waals surface area contributed by atoms with Gasteiger partial charge in [0.2, 0.25) is 0 Å². The van der Waals surface area contributed by atoms with E-state index in [0.717, 1.165) is 11.1 Å². The first-order chi connectivity index (χ1) is 10.4. The molecule has 0 bridgehead atoms. The van der Waals surface area contributed by atoms with E-state index in [1.54, 1.807) is 18.6 Å². The number of aromatic nitrogens is 2. The van der Waals surface area contributed by atoms with Crippen molar-refractivity contribution in [2.45, 2.75) is 12.0 Å². The molecule has 1 unspecified atom stereocenters. The second kappa shape index (κ2) is 6.29. The highest BCUT2D eigenvalue weighted by atomic mass is 16.3. The van der Waals surface area contributed by atoms with Gasteiger partial charge in [0.25, 0.3) is 0 Å². The van der Waals surface area contributed by atoms with Gasteiger partial charge in [-0.15, -0.1) is 0 Å². The average molecular weight is 276 g/mol. The van der Waals surface area contributed by atoms with Crippen molar-refractivity contribution < 1.29 is 5.11 Å². The third-order valence-corrected chi connectivity index (χ3v) is 3.52. The first-order valence-corrected chi connectivity index (χ1v) is 6.90. The van der Waals surface area contributed by atoms with Gasteiger partial charge in [-0.2, -0.15) is 0 Å². The van der Waals surface area contributed by atoms with E-state index in [2.05, 4.69) is 9.97 Å². The third-order valence-electron chi connectivity index (χ3n) is 3.52. The molecule has 3 heteroatoms. The van der Waals surface area contributed by atoms with Crippen LogP contribution in [0.25, 0.3) is 0 Å². The highest BCUT2D eigenvalue weighted by Crippen LogP contribution is 2.35. The second-order valence-electron chi connectivity index (χ2n) is 4.87. The van der Waals surface area contributed by atoms with Crippen LogP contribution in [0.2, 0.25) is 0 Å². The van der Waals surface area contributed by atoms with Gasteiger partial charge in [-0.25, -0.2) is 0 Å². The first-order valence-electron chi connectivity index (χ1n) is 6.90. The Morgan fingerprint density at radius 2 is 1.33 bits per heavy atom. The van der Waals surface area contributed by atoms with Gasteiger partial charge in [0.05, 0.1) is 11.9 Å². The lowest BCUT2D eigenvalue weighted by Gasteiger charge is -2.23. The lowest BCUT2D eigenvalue weighted by Crippen LogP contribution is -2.14. The summed E-state index contributed by atoms with van der Waals surface area (Å²) >= 11 is 0. The summed E-state index contributed by atoms with van der Waals surface area (Å²) in [5, 5.41) is 10.8. The number of hydrogen-bond acceptors (Lipinski definition) is 3. The zero-order valence-electron chi connectivity index (χ0n) is 11.5. The molecule has 1 aromatic heterocycles. The Morgan fingerprint density at radius 3 is 1.81 bits per heavy atom. The molecule has 3 nitrogen and oxygen atoms in total. The molecular weight excluding hydrogens is 260 g/mol. The average Bonchev–Trinajstić information content (AvgIpc) is 2.58. The smallest absolute Gasteiger partial charge is 0.108 e. The van der Waals surface area contributed by atoms with Crippen LogP contribution in [-0.4, -0.2) is 15.1 Å². The Labute approximate surface area is 124 Å². The van der Waals surface area contributed by atoms with Crippen molar-refractivity contribution in [2.24, 2.45) is 0 Å². The quantitative estimate of drug-likeness (QED) is 0.795. The standard InChI is InChI=1S/C18H16N2O/c21-18(16-13-19-11-12-20-16)17(14-7-3-1-4-8-14)15-9-5-2-6-10-15/h1-13,17-18,21H. The first kappa shape index (κ1) is 13.5. The summed E-state index contributed by atoms with van der Waals surface area (Å²) in [4.78, 5) is 8.29. The van der Waals surface area contributed by atoms with Crippen molar-refractivity contribution in [3.8, 4) is 0 Å². The van der Waals surface area contributed by atoms with E-state index in [1.807, 2.05) is 60.7 Å². The van der Waals surface area contributed by atoms with E-state index in [0.29, 0.717) is 5.69 Å². The molecule has 21 heavy (non-hydrogen) atoms. The maximum atomic E-state index is 10.8.